The number of hydrogen-bond acceptors (Lipinski definition) is 4. The molecule has 2 aromatic heterocycles. The molecule has 7 heteroatoms. The largest absolute Gasteiger partial charge is 0.343 e. The smallest absolute Gasteiger partial charge is 0.283 e. The lowest BCUT2D eigenvalue weighted by molar-refractivity contribution is 0.0976. The molecular weight excluding hydrogens is 410 g/mol. The Hall–Kier alpha value is -3.45. The number of sulfonamides is 1. The van der Waals surface area contributed by atoms with Crippen LogP contribution in [0, 0.1) is 6.92 Å². The molecule has 0 spiro atoms. The molecular formula is C24H23N3O3S. The number of carbonyl (C=O) groups excluding carboxylic acids is 1. The average molecular weight is 434 g/mol. The Morgan fingerprint density at radius 2 is 1.77 bits per heavy atom. The third kappa shape index (κ3) is 4.36. The van der Waals surface area contributed by atoms with Gasteiger partial charge >= 0.3 is 0 Å². The van der Waals surface area contributed by atoms with Gasteiger partial charge in [0.05, 0.1) is 11.9 Å². The van der Waals surface area contributed by atoms with Crippen molar-refractivity contribution in [1.29, 1.82) is 0 Å². The lowest BCUT2D eigenvalue weighted by atomic mass is 10.00. The van der Waals surface area contributed by atoms with E-state index in [4.69, 9.17) is 0 Å². The zero-order chi connectivity index (χ0) is 22.2. The van der Waals surface area contributed by atoms with Crippen molar-refractivity contribution >= 4 is 26.8 Å². The minimum absolute atomic E-state index is 0.0697. The van der Waals surface area contributed by atoms with Crippen molar-refractivity contribution in [2.75, 3.05) is 6.26 Å². The highest BCUT2D eigenvalue weighted by Gasteiger charge is 2.19. The Morgan fingerprint density at radius 1 is 1.03 bits per heavy atom. The topological polar surface area (TPSA) is 81.1 Å². The monoisotopic (exact) mass is 433 g/mol. The number of aromatic nitrogens is 2. The Labute approximate surface area is 181 Å². The summed E-state index contributed by atoms with van der Waals surface area (Å²) in [5.41, 5.74) is 6.36. The molecule has 0 aliphatic carbocycles. The number of benzene rings is 2. The lowest BCUT2D eigenvalue weighted by Gasteiger charge is -2.09. The number of nitrogens with one attached hydrogen (secondary N) is 1. The van der Waals surface area contributed by atoms with Gasteiger partial charge in [0.2, 0.25) is 10.0 Å². The van der Waals surface area contributed by atoms with Gasteiger partial charge in [0.15, 0.2) is 0 Å². The average Bonchev–Trinajstić information content (AvgIpc) is 2.98. The molecule has 31 heavy (non-hydrogen) atoms. The van der Waals surface area contributed by atoms with Gasteiger partial charge < -0.3 is 4.57 Å². The Kier molecular flexibility index (Phi) is 5.37. The van der Waals surface area contributed by atoms with Crippen LogP contribution >= 0.6 is 0 Å². The van der Waals surface area contributed by atoms with E-state index in [1.165, 1.54) is 11.6 Å². The first kappa shape index (κ1) is 20.8. The number of aryl methyl sites for hydroxylation is 2. The molecule has 0 unspecified atom stereocenters. The summed E-state index contributed by atoms with van der Waals surface area (Å²) in [4.78, 5) is 16.7. The van der Waals surface area contributed by atoms with E-state index in [2.05, 4.69) is 53.9 Å². The highest BCUT2D eigenvalue weighted by Crippen LogP contribution is 2.34. The summed E-state index contributed by atoms with van der Waals surface area (Å²) in [7, 11) is -1.61. The van der Waals surface area contributed by atoms with E-state index in [0.717, 1.165) is 34.0 Å². The van der Waals surface area contributed by atoms with Crippen molar-refractivity contribution in [3.8, 4) is 11.3 Å². The molecule has 0 atom stereocenters. The van der Waals surface area contributed by atoms with Gasteiger partial charge in [0.25, 0.3) is 5.91 Å². The van der Waals surface area contributed by atoms with Gasteiger partial charge in [-0.15, -0.1) is 0 Å². The second kappa shape index (κ2) is 8.00. The molecule has 1 amide bonds. The van der Waals surface area contributed by atoms with Crippen molar-refractivity contribution in [3.63, 3.8) is 0 Å². The molecule has 0 saturated heterocycles. The fourth-order valence-corrected chi connectivity index (χ4v) is 4.32. The van der Waals surface area contributed by atoms with E-state index in [1.54, 1.807) is 6.07 Å². The van der Waals surface area contributed by atoms with Crippen molar-refractivity contribution in [3.05, 3.63) is 89.2 Å². The second-order valence-corrected chi connectivity index (χ2v) is 9.42. The van der Waals surface area contributed by atoms with Crippen LogP contribution in [-0.4, -0.2) is 30.1 Å². The van der Waals surface area contributed by atoms with Crippen molar-refractivity contribution in [1.82, 2.24) is 14.3 Å². The number of rotatable bonds is 5. The number of carbonyl (C=O) groups is 1. The fourth-order valence-electron chi connectivity index (χ4n) is 3.87. The van der Waals surface area contributed by atoms with Gasteiger partial charge in [-0.2, -0.15) is 0 Å². The van der Waals surface area contributed by atoms with Gasteiger partial charge in [-0.25, -0.2) is 18.1 Å². The number of pyridine rings is 1. The van der Waals surface area contributed by atoms with Crippen LogP contribution in [-0.2, 0) is 23.5 Å². The molecule has 0 radical (unpaired) electrons. The van der Waals surface area contributed by atoms with Crippen LogP contribution in [0.3, 0.4) is 0 Å². The molecule has 0 saturated carbocycles. The highest BCUT2D eigenvalue weighted by molar-refractivity contribution is 7.89. The minimum atomic E-state index is -3.66. The lowest BCUT2D eigenvalue weighted by Crippen LogP contribution is -2.30. The van der Waals surface area contributed by atoms with Crippen LogP contribution in [0.1, 0.15) is 27.3 Å². The Bertz CT molecular complexity index is 1390. The third-order valence-electron chi connectivity index (χ3n) is 5.18. The van der Waals surface area contributed by atoms with E-state index in [-0.39, 0.29) is 5.69 Å². The summed E-state index contributed by atoms with van der Waals surface area (Å²) >= 11 is 0. The van der Waals surface area contributed by atoms with E-state index in [9.17, 15) is 13.2 Å². The molecule has 158 valence electrons. The number of nitrogens with zero attached hydrogens (tertiary/aromatic N) is 2. The first-order valence-electron chi connectivity index (χ1n) is 9.84. The molecule has 4 rings (SSSR count). The predicted molar refractivity (Wildman–Crippen MR) is 122 cm³/mol. The predicted octanol–water partition coefficient (Wildman–Crippen LogP) is 3.83. The molecule has 1 N–H and O–H groups in total. The molecule has 6 nitrogen and oxygen atoms in total. The third-order valence-corrected chi connectivity index (χ3v) is 5.74. The first-order chi connectivity index (χ1) is 14.7. The molecule has 0 aliphatic heterocycles. The van der Waals surface area contributed by atoms with Gasteiger partial charge in [-0.05, 0) is 41.8 Å². The number of hydrogen-bond donors (Lipinski definition) is 1. The maximum absolute atomic E-state index is 12.3. The molecule has 0 bridgehead atoms. The van der Waals surface area contributed by atoms with E-state index in [0.29, 0.717) is 12.1 Å². The molecule has 0 aliphatic rings. The molecule has 0 fully saturated rings. The van der Waals surface area contributed by atoms with Crippen LogP contribution < -0.4 is 4.72 Å². The van der Waals surface area contributed by atoms with E-state index in [1.807, 2.05) is 29.0 Å². The van der Waals surface area contributed by atoms with Gasteiger partial charge in [-0.1, -0.05) is 48.5 Å². The van der Waals surface area contributed by atoms with E-state index < -0.39 is 15.9 Å². The van der Waals surface area contributed by atoms with Crippen LogP contribution in [0.4, 0.5) is 0 Å². The summed E-state index contributed by atoms with van der Waals surface area (Å²) < 4.78 is 27.0. The summed E-state index contributed by atoms with van der Waals surface area (Å²) in [6.07, 6.45) is 1.45. The second-order valence-electron chi connectivity index (χ2n) is 7.67. The fraction of sp³-hybridized carbons (Fsp3) is 0.167. The van der Waals surface area contributed by atoms with Gasteiger partial charge in [0, 0.05) is 30.1 Å². The molecule has 2 aromatic carbocycles. The van der Waals surface area contributed by atoms with Crippen molar-refractivity contribution in [2.24, 2.45) is 7.05 Å². The van der Waals surface area contributed by atoms with Gasteiger partial charge in [-0.3, -0.25) is 4.79 Å². The number of amides is 1. The highest BCUT2D eigenvalue weighted by atomic mass is 32.2. The zero-order valence-corrected chi connectivity index (χ0v) is 18.4. The summed E-state index contributed by atoms with van der Waals surface area (Å²) in [5, 5.41) is 1.12. The van der Waals surface area contributed by atoms with Crippen LogP contribution in [0.5, 0.6) is 0 Å². The Balaban J connectivity index is 1.82. The first-order valence-corrected chi connectivity index (χ1v) is 11.7. The quantitative estimate of drug-likeness (QED) is 0.519. The number of fused-ring (bicyclic) bond motifs is 1. The summed E-state index contributed by atoms with van der Waals surface area (Å²) in [6, 6.07) is 21.6. The van der Waals surface area contributed by atoms with Gasteiger partial charge in [0.1, 0.15) is 5.69 Å². The maximum Gasteiger partial charge on any atom is 0.283 e. The van der Waals surface area contributed by atoms with Crippen molar-refractivity contribution < 1.29 is 13.2 Å². The van der Waals surface area contributed by atoms with Crippen LogP contribution in [0.25, 0.3) is 22.2 Å². The minimum Gasteiger partial charge on any atom is -0.343 e. The molecule has 4 aromatic rings. The zero-order valence-electron chi connectivity index (χ0n) is 17.6. The summed E-state index contributed by atoms with van der Waals surface area (Å²) in [5.74, 6) is -0.735. The normalized spacial score (nSPS) is 11.6. The summed E-state index contributed by atoms with van der Waals surface area (Å²) in [6.45, 7) is 2.07. The standard InChI is InChI=1S/C24H23N3O3S/c1-16-12-13-19-20(23(27(2)22(19)14-16)17-8-5-4-6-9-17)15-18-10-7-11-21(25-18)24(28)26-31(3,29)30/h4-14H,15H2,1-3H3,(H,26,28). The van der Waals surface area contributed by atoms with Crippen LogP contribution in [0.2, 0.25) is 0 Å². The Morgan fingerprint density at radius 3 is 2.48 bits per heavy atom. The SMILES string of the molecule is Cc1ccc2c(Cc3cccc(C(=O)NS(C)(=O)=O)n3)c(-c3ccccc3)n(C)c2c1. The van der Waals surface area contributed by atoms with Crippen LogP contribution in [0.15, 0.2) is 66.7 Å². The maximum atomic E-state index is 12.3. The molecule has 2 heterocycles. The van der Waals surface area contributed by atoms with Crippen molar-refractivity contribution in [2.45, 2.75) is 13.3 Å². The van der Waals surface area contributed by atoms with E-state index >= 15 is 0 Å².